The van der Waals surface area contributed by atoms with Crippen LogP contribution < -0.4 is 14.2 Å². The molecule has 7 heteroatoms. The van der Waals surface area contributed by atoms with Gasteiger partial charge in [0.15, 0.2) is 11.5 Å². The highest BCUT2D eigenvalue weighted by Crippen LogP contribution is 2.48. The van der Waals surface area contributed by atoms with E-state index in [1.807, 2.05) is 13.0 Å². The van der Waals surface area contributed by atoms with Gasteiger partial charge in [-0.1, -0.05) is 36.6 Å². The van der Waals surface area contributed by atoms with Gasteiger partial charge in [0.25, 0.3) is 11.7 Å². The average Bonchev–Trinajstić information content (AvgIpc) is 3.44. The number of rotatable bonds is 6. The molecular weight excluding hydrogens is 422 g/mol. The number of nitrogens with zero attached hydrogens (tertiary/aromatic N) is 1. The number of aryl methyl sites for hydroxylation is 1. The van der Waals surface area contributed by atoms with Crippen LogP contribution in [0.25, 0.3) is 5.76 Å². The lowest BCUT2D eigenvalue weighted by atomic mass is 9.93. The van der Waals surface area contributed by atoms with E-state index in [2.05, 4.69) is 0 Å². The fraction of sp³-hybridized carbons (Fsp3) is 0.385. The maximum Gasteiger partial charge on any atom is 0.295 e. The number of ether oxygens (including phenoxy) is 3. The Morgan fingerprint density at radius 2 is 1.67 bits per heavy atom. The Morgan fingerprint density at radius 1 is 0.970 bits per heavy atom. The number of likely N-dealkylation sites (tertiary alicyclic amines) is 1. The van der Waals surface area contributed by atoms with Crippen molar-refractivity contribution in [2.45, 2.75) is 44.7 Å². The summed E-state index contributed by atoms with van der Waals surface area (Å²) in [6.45, 7) is 1.88. The van der Waals surface area contributed by atoms with Gasteiger partial charge in [0, 0.05) is 11.6 Å². The number of carbonyl (C=O) groups excluding carboxylic acids is 2. The smallest absolute Gasteiger partial charge is 0.295 e. The van der Waals surface area contributed by atoms with E-state index in [0.29, 0.717) is 28.4 Å². The molecule has 4 rings (SSSR count). The van der Waals surface area contributed by atoms with Crippen LogP contribution in [-0.2, 0) is 9.59 Å². The predicted octanol–water partition coefficient (Wildman–Crippen LogP) is 4.39. The summed E-state index contributed by atoms with van der Waals surface area (Å²) < 4.78 is 16.6. The minimum Gasteiger partial charge on any atom is -0.507 e. The Labute approximate surface area is 193 Å². The largest absolute Gasteiger partial charge is 0.507 e. The monoisotopic (exact) mass is 451 g/mol. The Balaban J connectivity index is 2.00. The Hall–Kier alpha value is -3.48. The molecule has 2 aliphatic rings. The number of hydrogen-bond acceptors (Lipinski definition) is 6. The van der Waals surface area contributed by atoms with E-state index < -0.39 is 17.7 Å². The molecule has 2 fully saturated rings. The number of benzene rings is 2. The summed E-state index contributed by atoms with van der Waals surface area (Å²) in [6, 6.07) is 9.80. The van der Waals surface area contributed by atoms with E-state index in [9.17, 15) is 14.7 Å². The molecular formula is C26H29NO6. The zero-order valence-corrected chi connectivity index (χ0v) is 19.4. The Morgan fingerprint density at radius 3 is 2.30 bits per heavy atom. The SMILES string of the molecule is COc1ccc(C)cc1/C(O)=C1\C(=O)C(=O)N(C2CCCC2)C1c1cccc(OC)c1OC. The molecule has 2 aromatic rings. The first-order valence-electron chi connectivity index (χ1n) is 11.1. The van der Waals surface area contributed by atoms with Crippen LogP contribution in [0.15, 0.2) is 42.0 Å². The highest BCUT2D eigenvalue weighted by molar-refractivity contribution is 6.46. The Bertz CT molecular complexity index is 1120. The van der Waals surface area contributed by atoms with Gasteiger partial charge in [-0.25, -0.2) is 0 Å². The first-order chi connectivity index (χ1) is 15.9. The molecule has 33 heavy (non-hydrogen) atoms. The van der Waals surface area contributed by atoms with E-state index in [0.717, 1.165) is 31.2 Å². The van der Waals surface area contributed by atoms with Gasteiger partial charge in [0.1, 0.15) is 11.5 Å². The van der Waals surface area contributed by atoms with Crippen molar-refractivity contribution in [3.63, 3.8) is 0 Å². The number of ketones is 1. The molecule has 1 unspecified atom stereocenters. The van der Waals surface area contributed by atoms with Gasteiger partial charge >= 0.3 is 0 Å². The maximum atomic E-state index is 13.4. The van der Waals surface area contributed by atoms with Gasteiger partial charge in [-0.05, 0) is 38.0 Å². The summed E-state index contributed by atoms with van der Waals surface area (Å²) in [4.78, 5) is 28.3. The quantitative estimate of drug-likeness (QED) is 0.398. The van der Waals surface area contributed by atoms with Crippen LogP contribution >= 0.6 is 0 Å². The van der Waals surface area contributed by atoms with Crippen molar-refractivity contribution in [1.29, 1.82) is 0 Å². The Kier molecular flexibility index (Phi) is 6.31. The standard InChI is InChI=1S/C26H29NO6/c1-15-12-13-19(31-2)18(14-15)23(28)21-22(17-10-7-11-20(32-3)25(17)33-4)27(26(30)24(21)29)16-8-5-6-9-16/h7,10-14,16,22,28H,5-6,8-9H2,1-4H3/b23-21+. The molecule has 7 nitrogen and oxygen atoms in total. The molecule has 1 aliphatic carbocycles. The van der Waals surface area contributed by atoms with Gasteiger partial charge in [-0.15, -0.1) is 0 Å². The first-order valence-corrected chi connectivity index (χ1v) is 11.1. The number of carbonyl (C=O) groups is 2. The molecule has 1 saturated carbocycles. The molecule has 174 valence electrons. The molecule has 1 saturated heterocycles. The fourth-order valence-corrected chi connectivity index (χ4v) is 4.99. The molecule has 1 amide bonds. The predicted molar refractivity (Wildman–Crippen MR) is 124 cm³/mol. The van der Waals surface area contributed by atoms with Crippen LogP contribution in [0.4, 0.5) is 0 Å². The average molecular weight is 452 g/mol. The lowest BCUT2D eigenvalue weighted by molar-refractivity contribution is -0.141. The van der Waals surface area contributed by atoms with Crippen molar-refractivity contribution in [2.24, 2.45) is 0 Å². The lowest BCUT2D eigenvalue weighted by Gasteiger charge is -2.31. The van der Waals surface area contributed by atoms with Crippen molar-refractivity contribution in [3.05, 3.63) is 58.7 Å². The van der Waals surface area contributed by atoms with E-state index in [-0.39, 0.29) is 17.4 Å². The number of hydrogen-bond donors (Lipinski definition) is 1. The first kappa shape index (κ1) is 22.7. The summed E-state index contributed by atoms with van der Waals surface area (Å²) in [7, 11) is 4.56. The van der Waals surface area contributed by atoms with E-state index in [1.54, 1.807) is 35.2 Å². The molecule has 0 radical (unpaired) electrons. The third-order valence-electron chi connectivity index (χ3n) is 6.54. The number of aliphatic hydroxyl groups is 1. The molecule has 0 aromatic heterocycles. The lowest BCUT2D eigenvalue weighted by Crippen LogP contribution is -2.37. The molecule has 1 N–H and O–H groups in total. The van der Waals surface area contributed by atoms with Crippen molar-refractivity contribution in [3.8, 4) is 17.2 Å². The number of para-hydroxylation sites is 1. The second-order valence-corrected chi connectivity index (χ2v) is 8.43. The van der Waals surface area contributed by atoms with E-state index in [4.69, 9.17) is 14.2 Å². The van der Waals surface area contributed by atoms with Crippen LogP contribution in [0.2, 0.25) is 0 Å². The van der Waals surface area contributed by atoms with E-state index >= 15 is 0 Å². The molecule has 0 spiro atoms. The second-order valence-electron chi connectivity index (χ2n) is 8.43. The zero-order chi connectivity index (χ0) is 23.7. The molecule has 1 heterocycles. The fourth-order valence-electron chi connectivity index (χ4n) is 4.99. The highest BCUT2D eigenvalue weighted by Gasteiger charge is 2.50. The van der Waals surface area contributed by atoms with Gasteiger partial charge in [-0.3, -0.25) is 9.59 Å². The number of aliphatic hydroxyl groups excluding tert-OH is 1. The summed E-state index contributed by atoms with van der Waals surface area (Å²) in [5.74, 6) is -0.245. The number of amides is 1. The van der Waals surface area contributed by atoms with Crippen molar-refractivity contribution >= 4 is 17.4 Å². The summed E-state index contributed by atoms with van der Waals surface area (Å²) in [5, 5.41) is 11.5. The minimum atomic E-state index is -0.802. The summed E-state index contributed by atoms with van der Waals surface area (Å²) >= 11 is 0. The third kappa shape index (κ3) is 3.81. The molecule has 1 aliphatic heterocycles. The molecule has 1 atom stereocenters. The van der Waals surface area contributed by atoms with Crippen LogP contribution in [-0.4, -0.2) is 49.1 Å². The van der Waals surface area contributed by atoms with Crippen molar-refractivity contribution in [2.75, 3.05) is 21.3 Å². The maximum absolute atomic E-state index is 13.4. The summed E-state index contributed by atoms with van der Waals surface area (Å²) in [5.41, 5.74) is 1.88. The van der Waals surface area contributed by atoms with E-state index in [1.165, 1.54) is 21.3 Å². The molecule has 0 bridgehead atoms. The minimum absolute atomic E-state index is 0.0300. The van der Waals surface area contributed by atoms with Crippen LogP contribution in [0, 0.1) is 6.92 Å². The topological polar surface area (TPSA) is 85.3 Å². The third-order valence-corrected chi connectivity index (χ3v) is 6.54. The van der Waals surface area contributed by atoms with Crippen molar-refractivity contribution in [1.82, 2.24) is 4.90 Å². The van der Waals surface area contributed by atoms with Gasteiger partial charge in [0.05, 0.1) is 38.5 Å². The highest BCUT2D eigenvalue weighted by atomic mass is 16.5. The number of methoxy groups -OCH3 is 3. The zero-order valence-electron chi connectivity index (χ0n) is 19.4. The summed E-state index contributed by atoms with van der Waals surface area (Å²) in [6.07, 6.45) is 3.59. The normalized spacial score (nSPS) is 20.4. The van der Waals surface area contributed by atoms with Gasteiger partial charge in [0.2, 0.25) is 0 Å². The van der Waals surface area contributed by atoms with Crippen LogP contribution in [0.5, 0.6) is 17.2 Å². The van der Waals surface area contributed by atoms with Crippen LogP contribution in [0.1, 0.15) is 48.4 Å². The number of Topliss-reactive ketones (excluding diaryl/α,β-unsaturated/α-hetero) is 1. The van der Waals surface area contributed by atoms with Crippen LogP contribution in [0.3, 0.4) is 0 Å². The van der Waals surface area contributed by atoms with Gasteiger partial charge in [-0.2, -0.15) is 0 Å². The molecule has 2 aromatic carbocycles. The second kappa shape index (κ2) is 9.17. The van der Waals surface area contributed by atoms with Gasteiger partial charge < -0.3 is 24.2 Å². The van der Waals surface area contributed by atoms with Crippen molar-refractivity contribution < 1.29 is 28.9 Å².